The standard InChI is InChI=1S/C16H16N4O4/c1-16(2)4-11(21)14-12(5-16)24-15(18)9(6-17)13(14)10-3-8(7-19-10)20(22)23/h3,7,13,19H,4-5,18H2,1-2H3. The topological polar surface area (TPSA) is 135 Å². The molecule has 1 aliphatic heterocycles. The number of ketones is 1. The minimum absolute atomic E-state index is 0.0657. The molecule has 1 aliphatic carbocycles. The third-order valence-electron chi connectivity index (χ3n) is 4.29. The zero-order valence-corrected chi connectivity index (χ0v) is 13.3. The maximum absolute atomic E-state index is 12.7. The lowest BCUT2D eigenvalue weighted by molar-refractivity contribution is -0.384. The number of hydrogen-bond acceptors (Lipinski definition) is 6. The third kappa shape index (κ3) is 2.44. The fourth-order valence-electron chi connectivity index (χ4n) is 3.27. The van der Waals surface area contributed by atoms with Gasteiger partial charge in [-0.25, -0.2) is 0 Å². The van der Waals surface area contributed by atoms with Gasteiger partial charge >= 0.3 is 0 Å². The number of H-pyrrole nitrogens is 1. The van der Waals surface area contributed by atoms with E-state index in [0.717, 1.165) is 0 Å². The minimum Gasteiger partial charge on any atom is -0.444 e. The number of allylic oxidation sites excluding steroid dienone is 3. The molecule has 0 saturated heterocycles. The van der Waals surface area contributed by atoms with Crippen LogP contribution >= 0.6 is 0 Å². The Bertz CT molecular complexity index is 854. The third-order valence-corrected chi connectivity index (χ3v) is 4.29. The van der Waals surface area contributed by atoms with E-state index in [0.29, 0.717) is 29.9 Å². The maximum Gasteiger partial charge on any atom is 0.287 e. The summed E-state index contributed by atoms with van der Waals surface area (Å²) in [5, 5.41) is 20.4. The number of nitriles is 1. The molecule has 8 nitrogen and oxygen atoms in total. The monoisotopic (exact) mass is 328 g/mol. The van der Waals surface area contributed by atoms with Gasteiger partial charge in [0.05, 0.1) is 17.0 Å². The molecule has 3 rings (SSSR count). The summed E-state index contributed by atoms with van der Waals surface area (Å²) < 4.78 is 5.55. The number of Topliss-reactive ketones (excluding diaryl/α,β-unsaturated/α-hetero) is 1. The molecule has 8 heteroatoms. The maximum atomic E-state index is 12.7. The number of nitrogens with two attached hydrogens (primary N) is 1. The van der Waals surface area contributed by atoms with Crippen molar-refractivity contribution in [2.45, 2.75) is 32.6 Å². The van der Waals surface area contributed by atoms with Crippen molar-refractivity contribution in [3.05, 3.63) is 50.9 Å². The number of carbonyl (C=O) groups is 1. The second-order valence-corrected chi connectivity index (χ2v) is 6.77. The number of aromatic nitrogens is 1. The average Bonchev–Trinajstić information content (AvgIpc) is 2.94. The molecule has 24 heavy (non-hydrogen) atoms. The van der Waals surface area contributed by atoms with E-state index >= 15 is 0 Å². The number of ether oxygens (including phenoxy) is 1. The van der Waals surface area contributed by atoms with Crippen LogP contribution in [-0.4, -0.2) is 15.7 Å². The van der Waals surface area contributed by atoms with Crippen LogP contribution in [0, 0.1) is 26.9 Å². The van der Waals surface area contributed by atoms with Gasteiger partial charge in [-0.1, -0.05) is 13.8 Å². The lowest BCUT2D eigenvalue weighted by Crippen LogP contribution is -2.33. The first-order chi connectivity index (χ1) is 11.2. The predicted molar refractivity (Wildman–Crippen MR) is 83.1 cm³/mol. The fraction of sp³-hybridized carbons (Fsp3) is 0.375. The Kier molecular flexibility index (Phi) is 3.44. The van der Waals surface area contributed by atoms with Crippen LogP contribution in [0.4, 0.5) is 5.69 Å². The number of nitrogens with zero attached hydrogens (tertiary/aromatic N) is 2. The summed E-state index contributed by atoms with van der Waals surface area (Å²) in [7, 11) is 0. The number of carbonyl (C=O) groups excluding carboxylic acids is 1. The van der Waals surface area contributed by atoms with Crippen molar-refractivity contribution in [3.63, 3.8) is 0 Å². The molecule has 0 amide bonds. The van der Waals surface area contributed by atoms with Crippen LogP contribution in [0.5, 0.6) is 0 Å². The van der Waals surface area contributed by atoms with Crippen molar-refractivity contribution in [1.82, 2.24) is 4.98 Å². The van der Waals surface area contributed by atoms with E-state index in [2.05, 4.69) is 4.98 Å². The average molecular weight is 328 g/mol. The van der Waals surface area contributed by atoms with Crippen molar-refractivity contribution in [2.75, 3.05) is 0 Å². The van der Waals surface area contributed by atoms with Crippen LogP contribution in [0.25, 0.3) is 0 Å². The first kappa shape index (κ1) is 15.8. The first-order valence-electron chi connectivity index (χ1n) is 7.40. The molecule has 0 saturated carbocycles. The summed E-state index contributed by atoms with van der Waals surface area (Å²) in [5.74, 6) is -0.529. The molecule has 0 fully saturated rings. The molecule has 2 aliphatic rings. The minimum atomic E-state index is -0.768. The molecule has 0 spiro atoms. The van der Waals surface area contributed by atoms with E-state index in [9.17, 15) is 20.2 Å². The van der Waals surface area contributed by atoms with Gasteiger partial charge in [0.15, 0.2) is 5.78 Å². The number of nitro groups is 1. The summed E-state index contributed by atoms with van der Waals surface area (Å²) in [6, 6.07) is 3.29. The van der Waals surface area contributed by atoms with Gasteiger partial charge in [-0.05, 0) is 5.41 Å². The summed E-state index contributed by atoms with van der Waals surface area (Å²) in [5.41, 5.74) is 6.27. The van der Waals surface area contributed by atoms with Gasteiger partial charge in [-0.3, -0.25) is 14.9 Å². The highest BCUT2D eigenvalue weighted by atomic mass is 16.6. The summed E-state index contributed by atoms with van der Waals surface area (Å²) in [4.78, 5) is 25.9. The zero-order valence-electron chi connectivity index (χ0n) is 13.3. The Hall–Kier alpha value is -3.08. The Morgan fingerprint density at radius 3 is 2.79 bits per heavy atom. The molecule has 2 heterocycles. The molecule has 1 atom stereocenters. The summed E-state index contributed by atoms with van der Waals surface area (Å²) in [6.45, 7) is 3.90. The van der Waals surface area contributed by atoms with Gasteiger partial charge < -0.3 is 15.5 Å². The second kappa shape index (κ2) is 5.23. The van der Waals surface area contributed by atoms with Crippen LogP contribution in [0.1, 0.15) is 38.3 Å². The molecule has 124 valence electrons. The number of rotatable bonds is 2. The van der Waals surface area contributed by atoms with Gasteiger partial charge in [-0.15, -0.1) is 0 Å². The van der Waals surface area contributed by atoms with E-state index in [1.807, 2.05) is 19.9 Å². The van der Waals surface area contributed by atoms with E-state index in [1.54, 1.807) is 0 Å². The summed E-state index contributed by atoms with van der Waals surface area (Å²) >= 11 is 0. The molecule has 1 aromatic heterocycles. The Labute approximate surface area is 137 Å². The summed E-state index contributed by atoms with van der Waals surface area (Å²) in [6.07, 6.45) is 2.05. The SMILES string of the molecule is CC1(C)CC(=O)C2=C(C1)OC(N)=C(C#N)C2c1cc([N+](=O)[O-])c[nH]1. The van der Waals surface area contributed by atoms with Crippen molar-refractivity contribution < 1.29 is 14.5 Å². The number of nitrogens with one attached hydrogen (secondary N) is 1. The van der Waals surface area contributed by atoms with E-state index in [-0.39, 0.29) is 28.3 Å². The van der Waals surface area contributed by atoms with Crippen molar-refractivity contribution in [2.24, 2.45) is 11.1 Å². The molecule has 1 unspecified atom stereocenters. The quantitative estimate of drug-likeness (QED) is 0.632. The lowest BCUT2D eigenvalue weighted by atomic mass is 9.71. The molecular weight excluding hydrogens is 312 g/mol. The zero-order chi connectivity index (χ0) is 17.6. The highest BCUT2D eigenvalue weighted by Crippen LogP contribution is 2.47. The highest BCUT2D eigenvalue weighted by Gasteiger charge is 2.43. The van der Waals surface area contributed by atoms with Crippen LogP contribution < -0.4 is 5.73 Å². The van der Waals surface area contributed by atoms with Crippen LogP contribution in [0.3, 0.4) is 0 Å². The Morgan fingerprint density at radius 2 is 2.21 bits per heavy atom. The van der Waals surface area contributed by atoms with Gasteiger partial charge in [0.1, 0.15) is 17.4 Å². The molecule has 0 aromatic carbocycles. The molecule has 0 bridgehead atoms. The van der Waals surface area contributed by atoms with Crippen LogP contribution in [-0.2, 0) is 9.53 Å². The van der Waals surface area contributed by atoms with E-state index < -0.39 is 10.8 Å². The van der Waals surface area contributed by atoms with Crippen LogP contribution in [0.15, 0.2) is 35.1 Å². The molecule has 3 N–H and O–H groups in total. The smallest absolute Gasteiger partial charge is 0.287 e. The highest BCUT2D eigenvalue weighted by molar-refractivity contribution is 5.99. The lowest BCUT2D eigenvalue weighted by Gasteiger charge is -2.36. The van der Waals surface area contributed by atoms with Gasteiger partial charge in [0.2, 0.25) is 5.88 Å². The molecule has 1 aromatic rings. The van der Waals surface area contributed by atoms with Crippen molar-refractivity contribution in [1.29, 1.82) is 5.26 Å². The second-order valence-electron chi connectivity index (χ2n) is 6.77. The first-order valence-corrected chi connectivity index (χ1v) is 7.40. The molecule has 0 radical (unpaired) electrons. The van der Waals surface area contributed by atoms with E-state index in [1.165, 1.54) is 12.3 Å². The van der Waals surface area contributed by atoms with Gasteiger partial charge in [0.25, 0.3) is 5.69 Å². The van der Waals surface area contributed by atoms with E-state index in [4.69, 9.17) is 10.5 Å². The van der Waals surface area contributed by atoms with Gasteiger partial charge in [0, 0.05) is 30.2 Å². The normalized spacial score (nSPS) is 22.7. The molecular formula is C16H16N4O4. The van der Waals surface area contributed by atoms with Gasteiger partial charge in [-0.2, -0.15) is 5.26 Å². The number of hydrogen-bond donors (Lipinski definition) is 2. The predicted octanol–water partition coefficient (Wildman–Crippen LogP) is 2.37. The Morgan fingerprint density at radius 1 is 1.50 bits per heavy atom. The van der Waals surface area contributed by atoms with Crippen molar-refractivity contribution in [3.8, 4) is 6.07 Å². The van der Waals surface area contributed by atoms with Crippen molar-refractivity contribution >= 4 is 11.5 Å². The Balaban J connectivity index is 2.16. The fourth-order valence-corrected chi connectivity index (χ4v) is 3.27. The number of aromatic amines is 1. The largest absolute Gasteiger partial charge is 0.444 e. The van der Waals surface area contributed by atoms with Crippen LogP contribution in [0.2, 0.25) is 0 Å².